The molecule has 2 heterocycles. The first-order valence-corrected chi connectivity index (χ1v) is 7.27. The van der Waals surface area contributed by atoms with Gasteiger partial charge in [0.15, 0.2) is 0 Å². The van der Waals surface area contributed by atoms with Crippen LogP contribution >= 0.6 is 0 Å². The van der Waals surface area contributed by atoms with Crippen molar-refractivity contribution in [1.29, 1.82) is 0 Å². The van der Waals surface area contributed by atoms with E-state index in [1.165, 1.54) is 37.2 Å². The summed E-state index contributed by atoms with van der Waals surface area (Å²) in [6.45, 7) is 10.3. The average Bonchev–Trinajstić information content (AvgIpc) is 2.96. The summed E-state index contributed by atoms with van der Waals surface area (Å²) in [5.41, 5.74) is 2.65. The minimum atomic E-state index is 0.807. The number of hydrogen-bond donors (Lipinski definition) is 0. The van der Waals surface area contributed by atoms with E-state index in [-0.39, 0.29) is 0 Å². The van der Waals surface area contributed by atoms with Gasteiger partial charge >= 0.3 is 0 Å². The highest BCUT2D eigenvalue weighted by molar-refractivity contribution is 5.17. The predicted octanol–water partition coefficient (Wildman–Crippen LogP) is 2.78. The first-order valence-electron chi connectivity index (χ1n) is 7.27. The third-order valence-electron chi connectivity index (χ3n) is 4.60. The van der Waals surface area contributed by atoms with E-state index >= 15 is 0 Å². The topological polar surface area (TPSA) is 21.1 Å². The Hall–Kier alpha value is -1.35. The monoisotopic (exact) mass is 257 g/mol. The zero-order chi connectivity index (χ0) is 13.2. The van der Waals surface area contributed by atoms with Gasteiger partial charge in [0, 0.05) is 30.9 Å². The fourth-order valence-electron chi connectivity index (χ4n) is 3.43. The molecule has 3 rings (SSSR count). The Labute approximate surface area is 115 Å². The van der Waals surface area contributed by atoms with E-state index in [1.807, 2.05) is 17.0 Å². The Bertz CT molecular complexity index is 470. The van der Waals surface area contributed by atoms with Crippen molar-refractivity contribution in [3.63, 3.8) is 0 Å². The molecule has 0 N–H and O–H groups in total. The van der Waals surface area contributed by atoms with Gasteiger partial charge in [-0.15, -0.1) is 6.58 Å². The lowest BCUT2D eigenvalue weighted by molar-refractivity contribution is 0.313. The van der Waals surface area contributed by atoms with Crippen LogP contribution < -0.4 is 0 Å². The van der Waals surface area contributed by atoms with Gasteiger partial charge in [0.25, 0.3) is 0 Å². The van der Waals surface area contributed by atoms with Crippen molar-refractivity contribution in [1.82, 2.24) is 14.7 Å². The van der Waals surface area contributed by atoms with Crippen LogP contribution in [-0.2, 0) is 13.1 Å². The Morgan fingerprint density at radius 1 is 1.32 bits per heavy atom. The number of allylic oxidation sites excluding steroid dienone is 3. The third kappa shape index (κ3) is 2.52. The van der Waals surface area contributed by atoms with Crippen LogP contribution in [-0.4, -0.2) is 27.8 Å². The first kappa shape index (κ1) is 12.7. The third-order valence-corrected chi connectivity index (χ3v) is 4.60. The van der Waals surface area contributed by atoms with Crippen molar-refractivity contribution >= 4 is 0 Å². The van der Waals surface area contributed by atoms with Gasteiger partial charge in [-0.1, -0.05) is 18.2 Å². The van der Waals surface area contributed by atoms with E-state index in [0.717, 1.165) is 24.9 Å². The first-order chi connectivity index (χ1) is 9.28. The molecule has 1 aliphatic heterocycles. The van der Waals surface area contributed by atoms with E-state index in [1.54, 1.807) is 0 Å². The smallest absolute Gasteiger partial charge is 0.0590 e. The SMILES string of the molecule is C=CCn1ncc(CN2C[C@H]3CC=CC[C@H]3C2)c1C. The van der Waals surface area contributed by atoms with E-state index in [9.17, 15) is 0 Å². The number of hydrogen-bond acceptors (Lipinski definition) is 2. The molecule has 0 spiro atoms. The summed E-state index contributed by atoms with van der Waals surface area (Å²) < 4.78 is 2.03. The average molecular weight is 257 g/mol. The molecule has 1 aromatic rings. The summed E-state index contributed by atoms with van der Waals surface area (Å²) in [5.74, 6) is 1.77. The van der Waals surface area contributed by atoms with Gasteiger partial charge in [-0.25, -0.2) is 0 Å². The minimum absolute atomic E-state index is 0.807. The Morgan fingerprint density at radius 2 is 2.00 bits per heavy atom. The molecule has 0 aromatic carbocycles. The standard InChI is InChI=1S/C16H23N3/c1-3-8-19-13(2)16(9-17-19)12-18-10-14-6-4-5-7-15(14)11-18/h3-5,9,14-15H,1,6-8,10-12H2,2H3/t14-,15+. The van der Waals surface area contributed by atoms with Crippen molar-refractivity contribution in [3.8, 4) is 0 Å². The van der Waals surface area contributed by atoms with Gasteiger partial charge in [-0.3, -0.25) is 9.58 Å². The number of likely N-dealkylation sites (tertiary alicyclic amines) is 1. The fraction of sp³-hybridized carbons (Fsp3) is 0.562. The van der Waals surface area contributed by atoms with Crippen molar-refractivity contribution < 1.29 is 0 Å². The maximum atomic E-state index is 4.44. The zero-order valence-corrected chi connectivity index (χ0v) is 11.8. The molecule has 0 radical (unpaired) electrons. The van der Waals surface area contributed by atoms with Gasteiger partial charge in [0.05, 0.1) is 12.7 Å². The molecule has 3 nitrogen and oxygen atoms in total. The quantitative estimate of drug-likeness (QED) is 0.773. The number of rotatable bonds is 4. The zero-order valence-electron chi connectivity index (χ0n) is 11.8. The molecule has 0 bridgehead atoms. The summed E-state index contributed by atoms with van der Waals surface area (Å²) in [4.78, 5) is 2.60. The molecule has 19 heavy (non-hydrogen) atoms. The molecule has 1 aliphatic carbocycles. The van der Waals surface area contributed by atoms with Crippen molar-refractivity contribution in [2.45, 2.75) is 32.9 Å². The molecule has 0 unspecified atom stereocenters. The highest BCUT2D eigenvalue weighted by atomic mass is 15.3. The summed E-state index contributed by atoms with van der Waals surface area (Å²) in [7, 11) is 0. The number of nitrogens with zero attached hydrogens (tertiary/aromatic N) is 3. The van der Waals surface area contributed by atoms with Crippen LogP contribution in [0, 0.1) is 18.8 Å². The van der Waals surface area contributed by atoms with Crippen LogP contribution in [0.25, 0.3) is 0 Å². The second kappa shape index (κ2) is 5.33. The van der Waals surface area contributed by atoms with Gasteiger partial charge in [0.2, 0.25) is 0 Å². The Kier molecular flexibility index (Phi) is 3.56. The molecule has 1 fully saturated rings. The molecule has 0 amide bonds. The van der Waals surface area contributed by atoms with Gasteiger partial charge in [-0.2, -0.15) is 5.10 Å². The molecular formula is C16H23N3. The van der Waals surface area contributed by atoms with Crippen LogP contribution in [0.15, 0.2) is 31.0 Å². The second-order valence-electron chi connectivity index (χ2n) is 5.88. The number of fused-ring (bicyclic) bond motifs is 1. The lowest BCUT2D eigenvalue weighted by Gasteiger charge is -2.18. The molecule has 2 atom stereocenters. The van der Waals surface area contributed by atoms with E-state index in [4.69, 9.17) is 0 Å². The lowest BCUT2D eigenvalue weighted by atomic mass is 9.86. The predicted molar refractivity (Wildman–Crippen MR) is 77.8 cm³/mol. The highest BCUT2D eigenvalue weighted by Gasteiger charge is 2.32. The van der Waals surface area contributed by atoms with Crippen molar-refractivity contribution in [3.05, 3.63) is 42.3 Å². The summed E-state index contributed by atoms with van der Waals surface area (Å²) in [6, 6.07) is 0. The van der Waals surface area contributed by atoms with Crippen LogP contribution in [0.3, 0.4) is 0 Å². The highest BCUT2D eigenvalue weighted by Crippen LogP contribution is 2.33. The van der Waals surface area contributed by atoms with Gasteiger partial charge in [0.1, 0.15) is 0 Å². The van der Waals surface area contributed by atoms with E-state index in [2.05, 4.69) is 35.7 Å². The van der Waals surface area contributed by atoms with E-state index < -0.39 is 0 Å². The molecule has 3 heteroatoms. The summed E-state index contributed by atoms with van der Waals surface area (Å²) in [6.07, 6.45) is 11.2. The van der Waals surface area contributed by atoms with Crippen LogP contribution in [0.2, 0.25) is 0 Å². The lowest BCUT2D eigenvalue weighted by Crippen LogP contribution is -2.20. The van der Waals surface area contributed by atoms with E-state index in [0.29, 0.717) is 0 Å². The van der Waals surface area contributed by atoms with Crippen molar-refractivity contribution in [2.24, 2.45) is 11.8 Å². The molecule has 2 aliphatic rings. The maximum absolute atomic E-state index is 4.44. The molecule has 102 valence electrons. The second-order valence-corrected chi connectivity index (χ2v) is 5.88. The molecule has 1 aromatic heterocycles. The Morgan fingerprint density at radius 3 is 2.63 bits per heavy atom. The summed E-state index contributed by atoms with van der Waals surface area (Å²) in [5, 5.41) is 4.44. The maximum Gasteiger partial charge on any atom is 0.0590 e. The largest absolute Gasteiger partial charge is 0.298 e. The normalized spacial score (nSPS) is 26.6. The molecular weight excluding hydrogens is 234 g/mol. The minimum Gasteiger partial charge on any atom is -0.298 e. The van der Waals surface area contributed by atoms with Crippen LogP contribution in [0.5, 0.6) is 0 Å². The van der Waals surface area contributed by atoms with Crippen LogP contribution in [0.1, 0.15) is 24.1 Å². The molecule has 1 saturated heterocycles. The van der Waals surface area contributed by atoms with Gasteiger partial charge < -0.3 is 0 Å². The fourth-order valence-corrected chi connectivity index (χ4v) is 3.43. The Balaban J connectivity index is 1.65. The van der Waals surface area contributed by atoms with Gasteiger partial charge in [-0.05, 0) is 31.6 Å². The summed E-state index contributed by atoms with van der Waals surface area (Å²) >= 11 is 0. The van der Waals surface area contributed by atoms with Crippen LogP contribution in [0.4, 0.5) is 0 Å². The van der Waals surface area contributed by atoms with Crippen molar-refractivity contribution in [2.75, 3.05) is 13.1 Å². The number of aromatic nitrogens is 2. The molecule has 0 saturated carbocycles.